The monoisotopic (exact) mass is 358 g/mol. The first-order valence-electron chi connectivity index (χ1n) is 8.52. The van der Waals surface area contributed by atoms with Crippen LogP contribution in [-0.2, 0) is 7.05 Å². The van der Waals surface area contributed by atoms with Gasteiger partial charge in [0.25, 0.3) is 11.5 Å². The SMILES string of the molecule is COc1cc(=O)n(C)cc1C(=O)N1CCCC(COc2ncccn2)C1. The molecular weight excluding hydrogens is 336 g/mol. The molecule has 0 aromatic carbocycles. The third-order valence-corrected chi connectivity index (χ3v) is 4.44. The van der Waals surface area contributed by atoms with Crippen LogP contribution in [0, 0.1) is 5.92 Å². The minimum Gasteiger partial charge on any atom is -0.496 e. The Morgan fingerprint density at radius 2 is 2.12 bits per heavy atom. The summed E-state index contributed by atoms with van der Waals surface area (Å²) in [5, 5.41) is 0. The van der Waals surface area contributed by atoms with Crippen molar-refractivity contribution in [3.05, 3.63) is 46.6 Å². The number of aryl methyl sites for hydroxylation is 1. The highest BCUT2D eigenvalue weighted by Gasteiger charge is 2.27. The number of carbonyl (C=O) groups excluding carboxylic acids is 1. The molecule has 8 heteroatoms. The van der Waals surface area contributed by atoms with E-state index in [4.69, 9.17) is 9.47 Å². The summed E-state index contributed by atoms with van der Waals surface area (Å²) >= 11 is 0. The number of aromatic nitrogens is 3. The van der Waals surface area contributed by atoms with Gasteiger partial charge < -0.3 is 18.9 Å². The van der Waals surface area contributed by atoms with Crippen LogP contribution in [0.1, 0.15) is 23.2 Å². The van der Waals surface area contributed by atoms with Crippen molar-refractivity contribution in [2.75, 3.05) is 26.8 Å². The van der Waals surface area contributed by atoms with Crippen LogP contribution in [0.2, 0.25) is 0 Å². The van der Waals surface area contributed by atoms with Crippen LogP contribution in [0.25, 0.3) is 0 Å². The molecule has 1 fully saturated rings. The van der Waals surface area contributed by atoms with Crippen LogP contribution in [0.3, 0.4) is 0 Å². The van der Waals surface area contributed by atoms with Gasteiger partial charge in [-0.05, 0) is 18.9 Å². The molecule has 0 spiro atoms. The minimum atomic E-state index is -0.216. The van der Waals surface area contributed by atoms with Crippen molar-refractivity contribution < 1.29 is 14.3 Å². The number of likely N-dealkylation sites (tertiary alicyclic amines) is 1. The van der Waals surface area contributed by atoms with Crippen LogP contribution in [0.5, 0.6) is 11.8 Å². The highest BCUT2D eigenvalue weighted by Crippen LogP contribution is 2.23. The molecule has 1 amide bonds. The van der Waals surface area contributed by atoms with Crippen molar-refractivity contribution in [2.24, 2.45) is 13.0 Å². The van der Waals surface area contributed by atoms with Gasteiger partial charge >= 0.3 is 6.01 Å². The zero-order valence-corrected chi connectivity index (χ0v) is 14.9. The first-order valence-corrected chi connectivity index (χ1v) is 8.52. The van der Waals surface area contributed by atoms with Crippen molar-refractivity contribution in [1.82, 2.24) is 19.4 Å². The maximum absolute atomic E-state index is 12.9. The summed E-state index contributed by atoms with van der Waals surface area (Å²) < 4.78 is 12.2. The molecule has 3 rings (SSSR count). The van der Waals surface area contributed by atoms with Gasteiger partial charge in [-0.1, -0.05) is 0 Å². The quantitative estimate of drug-likeness (QED) is 0.796. The van der Waals surface area contributed by atoms with E-state index >= 15 is 0 Å². The predicted octanol–water partition coefficient (Wildman–Crippen LogP) is 1.12. The summed E-state index contributed by atoms with van der Waals surface area (Å²) in [5.41, 5.74) is 0.175. The molecule has 1 unspecified atom stereocenters. The number of hydrogen-bond donors (Lipinski definition) is 0. The fourth-order valence-electron chi connectivity index (χ4n) is 3.05. The van der Waals surface area contributed by atoms with Gasteiger partial charge in [0.15, 0.2) is 0 Å². The van der Waals surface area contributed by atoms with Gasteiger partial charge in [0.2, 0.25) is 0 Å². The van der Waals surface area contributed by atoms with E-state index in [1.807, 2.05) is 0 Å². The van der Waals surface area contributed by atoms with E-state index in [-0.39, 0.29) is 17.4 Å². The van der Waals surface area contributed by atoms with Crippen LogP contribution >= 0.6 is 0 Å². The summed E-state index contributed by atoms with van der Waals surface area (Å²) in [6.07, 6.45) is 6.65. The fourth-order valence-corrected chi connectivity index (χ4v) is 3.05. The number of piperidine rings is 1. The molecule has 1 aliphatic heterocycles. The molecule has 0 N–H and O–H groups in total. The number of methoxy groups -OCH3 is 1. The molecule has 0 aliphatic carbocycles. The topological polar surface area (TPSA) is 86.5 Å². The van der Waals surface area contributed by atoms with Crippen molar-refractivity contribution in [3.63, 3.8) is 0 Å². The predicted molar refractivity (Wildman–Crippen MR) is 94.4 cm³/mol. The summed E-state index contributed by atoms with van der Waals surface area (Å²) in [6.45, 7) is 1.71. The number of hydrogen-bond acceptors (Lipinski definition) is 6. The highest BCUT2D eigenvalue weighted by molar-refractivity contribution is 5.96. The zero-order valence-electron chi connectivity index (χ0n) is 14.9. The maximum atomic E-state index is 12.9. The number of ether oxygens (including phenoxy) is 2. The summed E-state index contributed by atoms with van der Waals surface area (Å²) in [6, 6.07) is 3.41. The third-order valence-electron chi connectivity index (χ3n) is 4.44. The maximum Gasteiger partial charge on any atom is 0.316 e. The Morgan fingerprint density at radius 3 is 2.85 bits per heavy atom. The number of nitrogens with zero attached hydrogens (tertiary/aromatic N) is 4. The van der Waals surface area contributed by atoms with Crippen LogP contribution < -0.4 is 15.0 Å². The lowest BCUT2D eigenvalue weighted by Gasteiger charge is -2.32. The number of amides is 1. The van der Waals surface area contributed by atoms with Crippen molar-refractivity contribution >= 4 is 5.91 Å². The summed E-state index contributed by atoms with van der Waals surface area (Å²) in [5.74, 6) is 0.363. The van der Waals surface area contributed by atoms with Crippen LogP contribution in [0.4, 0.5) is 0 Å². The van der Waals surface area contributed by atoms with Crippen molar-refractivity contribution in [3.8, 4) is 11.8 Å². The average molecular weight is 358 g/mol. The van der Waals surface area contributed by atoms with E-state index in [0.29, 0.717) is 37.0 Å². The average Bonchev–Trinajstić information content (AvgIpc) is 2.68. The van der Waals surface area contributed by atoms with Crippen molar-refractivity contribution in [1.29, 1.82) is 0 Å². The Hall–Kier alpha value is -2.90. The van der Waals surface area contributed by atoms with E-state index in [9.17, 15) is 9.59 Å². The molecule has 2 aromatic rings. The van der Waals surface area contributed by atoms with Gasteiger partial charge in [-0.2, -0.15) is 0 Å². The van der Waals surface area contributed by atoms with E-state index in [2.05, 4.69) is 9.97 Å². The molecule has 0 bridgehead atoms. The van der Waals surface area contributed by atoms with Gasteiger partial charge in [-0.3, -0.25) is 9.59 Å². The first-order chi connectivity index (χ1) is 12.6. The van der Waals surface area contributed by atoms with Gasteiger partial charge in [0.1, 0.15) is 5.75 Å². The Morgan fingerprint density at radius 1 is 1.35 bits per heavy atom. The Balaban J connectivity index is 1.68. The number of carbonyl (C=O) groups is 1. The van der Waals surface area contributed by atoms with E-state index in [0.717, 1.165) is 12.8 Å². The van der Waals surface area contributed by atoms with Gasteiger partial charge in [0.05, 0.1) is 19.3 Å². The minimum absolute atomic E-state index is 0.141. The van der Waals surface area contributed by atoms with Crippen molar-refractivity contribution in [2.45, 2.75) is 12.8 Å². The number of rotatable bonds is 5. The van der Waals surface area contributed by atoms with E-state index < -0.39 is 0 Å². The lowest BCUT2D eigenvalue weighted by Crippen LogP contribution is -2.42. The lowest BCUT2D eigenvalue weighted by atomic mass is 9.98. The Labute approximate surface area is 151 Å². The molecule has 0 radical (unpaired) electrons. The van der Waals surface area contributed by atoms with Crippen LogP contribution in [-0.4, -0.2) is 52.1 Å². The highest BCUT2D eigenvalue weighted by atomic mass is 16.5. The largest absolute Gasteiger partial charge is 0.496 e. The standard InChI is InChI=1S/C18H22N4O4/c1-21-11-14(15(25-2)9-16(21)23)17(24)22-8-3-5-13(10-22)12-26-18-19-6-4-7-20-18/h4,6-7,9,11,13H,3,5,8,10,12H2,1-2H3. The molecule has 8 nitrogen and oxygen atoms in total. The Kier molecular flexibility index (Phi) is 5.50. The molecule has 1 aliphatic rings. The second-order valence-corrected chi connectivity index (χ2v) is 6.31. The Bertz CT molecular complexity index is 822. The normalized spacial score (nSPS) is 17.0. The zero-order chi connectivity index (χ0) is 18.5. The molecule has 3 heterocycles. The molecule has 1 saturated heterocycles. The van der Waals surface area contributed by atoms with Gasteiger partial charge in [-0.15, -0.1) is 0 Å². The molecule has 0 saturated carbocycles. The first kappa shape index (κ1) is 17.9. The van der Waals surface area contributed by atoms with E-state index in [1.165, 1.54) is 23.9 Å². The lowest BCUT2D eigenvalue weighted by molar-refractivity contribution is 0.0624. The smallest absolute Gasteiger partial charge is 0.316 e. The molecular formula is C18H22N4O4. The van der Waals surface area contributed by atoms with E-state index in [1.54, 1.807) is 30.4 Å². The molecule has 1 atom stereocenters. The third kappa shape index (κ3) is 4.01. The number of pyridine rings is 1. The molecule has 26 heavy (non-hydrogen) atoms. The molecule has 138 valence electrons. The fraction of sp³-hybridized carbons (Fsp3) is 0.444. The van der Waals surface area contributed by atoms with Crippen LogP contribution in [0.15, 0.2) is 35.5 Å². The summed E-state index contributed by atoms with van der Waals surface area (Å²) in [7, 11) is 3.07. The molecule has 2 aromatic heterocycles. The van der Waals surface area contributed by atoms with Gasteiger partial charge in [0, 0.05) is 50.7 Å². The summed E-state index contributed by atoms with van der Waals surface area (Å²) in [4.78, 5) is 34.5. The van der Waals surface area contributed by atoms with Gasteiger partial charge in [-0.25, -0.2) is 9.97 Å². The second-order valence-electron chi connectivity index (χ2n) is 6.31. The second kappa shape index (κ2) is 7.99.